The number of nitrogens with zero attached hydrogens (tertiary/aromatic N) is 6. The number of H-pyrrole nitrogens is 2. The molecule has 4 aliphatic heterocycles. The number of amidine groups is 4. The topological polar surface area (TPSA) is 87.0 Å². The van der Waals surface area contributed by atoms with Gasteiger partial charge < -0.3 is 0 Å². The first-order valence-electron chi connectivity index (χ1n) is 15.6. The molecule has 6 aromatic rings. The van der Waals surface area contributed by atoms with Crippen molar-refractivity contribution in [1.29, 1.82) is 0 Å². The summed E-state index contributed by atoms with van der Waals surface area (Å²) in [5.74, 6) is 4.92. The van der Waals surface area contributed by atoms with E-state index in [-0.39, 0.29) is 0 Å². The van der Waals surface area contributed by atoms with Crippen LogP contribution in [0.2, 0.25) is 0 Å². The quantitative estimate of drug-likeness (QED) is 0.195. The van der Waals surface area contributed by atoms with Crippen LogP contribution in [0.15, 0.2) is 117 Å². The maximum Gasteiger partial charge on any atom is 0.276 e. The summed E-state index contributed by atoms with van der Waals surface area (Å²) >= 11 is 0. The molecule has 0 amide bonds. The Bertz CT molecular complexity index is 2280. The van der Waals surface area contributed by atoms with Gasteiger partial charge in [-0.25, -0.2) is 0 Å². The van der Waals surface area contributed by atoms with Crippen molar-refractivity contribution in [3.05, 3.63) is 130 Å². The summed E-state index contributed by atoms with van der Waals surface area (Å²) in [6.45, 7) is 8.45. The predicted octanol–water partition coefficient (Wildman–Crippen LogP) is 6.33. The molecule has 4 aromatic carbocycles. The average molecular weight is 589 g/mol. The van der Waals surface area contributed by atoms with Crippen molar-refractivity contribution in [1.82, 2.24) is 9.97 Å². The van der Waals surface area contributed by atoms with Gasteiger partial charge >= 0.3 is 0 Å². The van der Waals surface area contributed by atoms with Crippen LogP contribution in [0.5, 0.6) is 0 Å². The summed E-state index contributed by atoms with van der Waals surface area (Å²) in [7, 11) is 0. The number of rotatable bonds is 0. The number of fused-ring (bicyclic) bond motifs is 16. The van der Waals surface area contributed by atoms with E-state index in [1.807, 2.05) is 52.0 Å². The van der Waals surface area contributed by atoms with E-state index in [1.54, 1.807) is 0 Å². The van der Waals surface area contributed by atoms with E-state index in [2.05, 4.69) is 91.9 Å². The molecule has 6 heterocycles. The van der Waals surface area contributed by atoms with Gasteiger partial charge in [0.2, 0.25) is 22.6 Å². The van der Waals surface area contributed by atoms with Crippen LogP contribution in [-0.2, 0) is 0 Å². The zero-order chi connectivity index (χ0) is 30.7. The molecule has 0 unspecified atom stereocenters. The molecule has 218 valence electrons. The fourth-order valence-corrected chi connectivity index (χ4v) is 6.48. The van der Waals surface area contributed by atoms with E-state index in [9.17, 15) is 0 Å². The zero-order valence-electron chi connectivity index (χ0n) is 25.6. The third-order valence-electron chi connectivity index (χ3n) is 8.34. The second kappa shape index (κ2) is 10.4. The van der Waals surface area contributed by atoms with Crippen LogP contribution in [0.1, 0.15) is 49.9 Å². The van der Waals surface area contributed by atoms with Crippen LogP contribution in [0.25, 0.3) is 21.5 Å². The minimum atomic E-state index is 0.451. The molecule has 2 aromatic heterocycles. The van der Waals surface area contributed by atoms with Crippen molar-refractivity contribution < 1.29 is 9.15 Å². The maximum atomic E-state index is 5.29. The minimum absolute atomic E-state index is 0.451. The van der Waals surface area contributed by atoms with Gasteiger partial charge in [0.15, 0.2) is 6.67 Å². The molecular formula is C37H32N8+2. The standard InChI is InChI=1S/C33H18N8.2C2H6/c1-2-10-19-18(9-1)26-34-27(19)37-31-24-15-7-8-16-25(24)33-39-29-21-12-4-3-11-20(21)28(35-29)38-32-23-14-6-5-13-22(23)30(36-26)40(32)17-41(31)33;2*1-2/h1-16H,17H2;2*1-2H3/p+2. The molecule has 0 atom stereocenters. The van der Waals surface area contributed by atoms with Crippen LogP contribution < -0.4 is 11.0 Å². The number of aromatic nitrogens is 2. The van der Waals surface area contributed by atoms with Gasteiger partial charge in [-0.1, -0.05) is 96.2 Å². The molecule has 2 N–H and O–H groups in total. The van der Waals surface area contributed by atoms with E-state index in [4.69, 9.17) is 20.0 Å². The molecule has 8 heteroatoms. The SMILES string of the molecule is CC.CC.c1ccc2c(c1)C1=Nc3[nH]c(c4ccccc34)N=C3c4ccccc4C4=[N+]3C[N+]1=C2N=c1[nH]c(c2ccccc12)=N4. The van der Waals surface area contributed by atoms with E-state index >= 15 is 0 Å². The maximum absolute atomic E-state index is 5.29. The van der Waals surface area contributed by atoms with Gasteiger partial charge in [0.1, 0.15) is 0 Å². The highest BCUT2D eigenvalue weighted by Gasteiger charge is 2.42. The summed E-state index contributed by atoms with van der Waals surface area (Å²) in [5, 5.41) is 4.11. The lowest BCUT2D eigenvalue weighted by Gasteiger charge is -2.08. The number of nitrogens with one attached hydrogen (secondary N) is 2. The molecule has 0 aliphatic carbocycles. The zero-order valence-corrected chi connectivity index (χ0v) is 25.6. The molecule has 8 nitrogen and oxygen atoms in total. The van der Waals surface area contributed by atoms with Gasteiger partial charge in [-0.2, -0.15) is 9.15 Å². The molecule has 0 fully saturated rings. The molecule has 4 aliphatic rings. The smallest absolute Gasteiger partial charge is 0.276 e. The number of hydrogen-bond acceptors (Lipinski definition) is 4. The summed E-state index contributed by atoms with van der Waals surface area (Å²) in [6.07, 6.45) is 0. The second-order valence-electron chi connectivity index (χ2n) is 10.6. The summed E-state index contributed by atoms with van der Waals surface area (Å²) in [6, 6.07) is 33.3. The largest absolute Gasteiger partial charge is 0.296 e. The highest BCUT2D eigenvalue weighted by atomic mass is 15.3. The fraction of sp³-hybridized carbons (Fsp3) is 0.135. The lowest BCUT2D eigenvalue weighted by atomic mass is 10.1. The Morgan fingerprint density at radius 1 is 0.444 bits per heavy atom. The van der Waals surface area contributed by atoms with Crippen LogP contribution in [0.4, 0.5) is 11.6 Å². The van der Waals surface area contributed by atoms with Gasteiger partial charge in [-0.05, 0) is 48.5 Å². The van der Waals surface area contributed by atoms with Crippen LogP contribution in [0.3, 0.4) is 0 Å². The first-order chi connectivity index (χ1) is 22.3. The fourth-order valence-electron chi connectivity index (χ4n) is 6.48. The first kappa shape index (κ1) is 26.8. The number of hydrogen-bond donors (Lipinski definition) is 2. The lowest BCUT2D eigenvalue weighted by Crippen LogP contribution is -2.36. The van der Waals surface area contributed by atoms with Crippen LogP contribution in [0, 0.1) is 0 Å². The van der Waals surface area contributed by atoms with E-state index in [0.29, 0.717) is 6.67 Å². The van der Waals surface area contributed by atoms with Gasteiger partial charge in [-0.3, -0.25) is 9.97 Å². The summed E-state index contributed by atoms with van der Waals surface area (Å²) < 4.78 is 4.39. The Kier molecular flexibility index (Phi) is 6.23. The third-order valence-corrected chi connectivity index (χ3v) is 8.34. The van der Waals surface area contributed by atoms with E-state index in [1.165, 1.54) is 0 Å². The number of benzene rings is 4. The molecule has 0 saturated heterocycles. The average Bonchev–Trinajstić information content (AvgIpc) is 3.81. The molecule has 10 rings (SSSR count). The third kappa shape index (κ3) is 3.85. The van der Waals surface area contributed by atoms with Gasteiger partial charge in [-0.15, -0.1) is 0 Å². The monoisotopic (exact) mass is 588 g/mol. The second-order valence-corrected chi connectivity index (χ2v) is 10.6. The summed E-state index contributed by atoms with van der Waals surface area (Å²) in [5.41, 5.74) is 5.72. The molecule has 0 radical (unpaired) electrons. The predicted molar refractivity (Wildman–Crippen MR) is 180 cm³/mol. The molecule has 6 bridgehead atoms. The van der Waals surface area contributed by atoms with Gasteiger partial charge in [0.25, 0.3) is 23.3 Å². The van der Waals surface area contributed by atoms with E-state index < -0.39 is 0 Å². The van der Waals surface area contributed by atoms with Crippen molar-refractivity contribution in [3.63, 3.8) is 0 Å². The highest BCUT2D eigenvalue weighted by Crippen LogP contribution is 2.37. The molecule has 45 heavy (non-hydrogen) atoms. The Labute approximate surface area is 259 Å². The Balaban J connectivity index is 0.000000725. The Hall–Kier alpha value is -5.76. The lowest BCUT2D eigenvalue weighted by molar-refractivity contribution is -0.621. The van der Waals surface area contributed by atoms with Crippen LogP contribution in [-0.4, -0.2) is 49.1 Å². The van der Waals surface area contributed by atoms with Crippen molar-refractivity contribution >= 4 is 56.5 Å². The summed E-state index contributed by atoms with van der Waals surface area (Å²) in [4.78, 5) is 28.3. The Morgan fingerprint density at radius 3 is 1.27 bits per heavy atom. The van der Waals surface area contributed by atoms with Gasteiger partial charge in [0.05, 0.1) is 22.3 Å². The number of aliphatic imine (C=N–C) groups is 2. The first-order valence-corrected chi connectivity index (χ1v) is 15.6. The van der Waals surface area contributed by atoms with Gasteiger partial charge in [0, 0.05) is 21.5 Å². The number of aromatic amines is 2. The normalized spacial score (nSPS) is 15.0. The molecular weight excluding hydrogens is 556 g/mol. The Morgan fingerprint density at radius 2 is 0.822 bits per heavy atom. The van der Waals surface area contributed by atoms with Crippen LogP contribution >= 0.6 is 0 Å². The van der Waals surface area contributed by atoms with E-state index in [0.717, 1.165) is 89.8 Å². The molecule has 0 spiro atoms. The highest BCUT2D eigenvalue weighted by molar-refractivity contribution is 6.18. The minimum Gasteiger partial charge on any atom is -0.296 e. The van der Waals surface area contributed by atoms with Crippen molar-refractivity contribution in [3.8, 4) is 0 Å². The van der Waals surface area contributed by atoms with Crippen molar-refractivity contribution in [2.45, 2.75) is 27.7 Å². The molecule has 0 saturated carbocycles. The van der Waals surface area contributed by atoms with Crippen molar-refractivity contribution in [2.24, 2.45) is 20.0 Å². The van der Waals surface area contributed by atoms with Crippen molar-refractivity contribution in [2.75, 3.05) is 6.67 Å².